The van der Waals surface area contributed by atoms with Crippen molar-refractivity contribution in [3.63, 3.8) is 0 Å². The Labute approximate surface area is 139 Å². The molecule has 1 amide bonds. The van der Waals surface area contributed by atoms with Crippen LogP contribution < -0.4 is 10.1 Å². The Morgan fingerprint density at radius 3 is 2.87 bits per heavy atom. The van der Waals surface area contributed by atoms with Crippen molar-refractivity contribution in [3.8, 4) is 5.75 Å². The summed E-state index contributed by atoms with van der Waals surface area (Å²) < 4.78 is 6.28. The van der Waals surface area contributed by atoms with Crippen molar-refractivity contribution in [2.24, 2.45) is 0 Å². The molecule has 0 radical (unpaired) electrons. The minimum atomic E-state index is -0.0236. The minimum Gasteiger partial charge on any atom is -0.497 e. The van der Waals surface area contributed by atoms with Gasteiger partial charge < -0.3 is 10.1 Å². The lowest BCUT2D eigenvalue weighted by Gasteiger charge is -2.04. The van der Waals surface area contributed by atoms with E-state index >= 15 is 0 Å². The highest BCUT2D eigenvalue weighted by molar-refractivity contribution is 7.22. The second-order valence-electron chi connectivity index (χ2n) is 5.34. The number of nitrogens with zero attached hydrogens (tertiary/aromatic N) is 1. The fourth-order valence-corrected chi connectivity index (χ4v) is 3.37. The highest BCUT2D eigenvalue weighted by Crippen LogP contribution is 2.28. The van der Waals surface area contributed by atoms with Crippen LogP contribution in [0.1, 0.15) is 17.5 Å². The smallest absolute Gasteiger partial charge is 0.226 e. The lowest BCUT2D eigenvalue weighted by atomic mass is 10.1. The number of rotatable bonds is 5. The maximum Gasteiger partial charge on any atom is 0.226 e. The molecule has 0 unspecified atom stereocenters. The number of carbonyl (C=O) groups is 1. The number of aromatic nitrogens is 1. The van der Waals surface area contributed by atoms with Crippen LogP contribution in [-0.4, -0.2) is 18.0 Å². The molecule has 118 valence electrons. The number of nitrogens with one attached hydrogen (secondary N) is 1. The van der Waals surface area contributed by atoms with Crippen LogP contribution in [0.2, 0.25) is 0 Å². The number of amides is 1. The van der Waals surface area contributed by atoms with Crippen molar-refractivity contribution in [3.05, 3.63) is 53.6 Å². The Balaban J connectivity index is 1.63. The number of hydrogen-bond acceptors (Lipinski definition) is 4. The van der Waals surface area contributed by atoms with Crippen molar-refractivity contribution in [2.45, 2.75) is 19.8 Å². The molecule has 0 aliphatic carbocycles. The Bertz CT molecular complexity index is 842. The van der Waals surface area contributed by atoms with Gasteiger partial charge in [0.05, 0.1) is 17.3 Å². The zero-order valence-electron chi connectivity index (χ0n) is 13.1. The number of ether oxygens (including phenoxy) is 1. The molecule has 0 saturated heterocycles. The van der Waals surface area contributed by atoms with Gasteiger partial charge in [0.25, 0.3) is 0 Å². The van der Waals surface area contributed by atoms with Gasteiger partial charge in [-0.2, -0.15) is 0 Å². The first kappa shape index (κ1) is 15.5. The van der Waals surface area contributed by atoms with Crippen LogP contribution >= 0.6 is 11.3 Å². The zero-order chi connectivity index (χ0) is 16.2. The number of fused-ring (bicyclic) bond motifs is 1. The van der Waals surface area contributed by atoms with E-state index in [1.807, 2.05) is 49.4 Å². The van der Waals surface area contributed by atoms with E-state index in [-0.39, 0.29) is 5.91 Å². The monoisotopic (exact) mass is 326 g/mol. The number of thiazole rings is 1. The Kier molecular flexibility index (Phi) is 4.57. The van der Waals surface area contributed by atoms with Crippen molar-refractivity contribution in [1.82, 2.24) is 4.98 Å². The van der Waals surface area contributed by atoms with Crippen LogP contribution in [0.5, 0.6) is 5.75 Å². The lowest BCUT2D eigenvalue weighted by molar-refractivity contribution is -0.116. The normalized spacial score (nSPS) is 10.7. The molecular formula is C18H18N2O2S. The first-order chi connectivity index (χ1) is 11.2. The first-order valence-electron chi connectivity index (χ1n) is 7.44. The maximum atomic E-state index is 12.1. The predicted molar refractivity (Wildman–Crippen MR) is 94.3 cm³/mol. The molecule has 3 aromatic rings. The molecule has 0 atom stereocenters. The van der Waals surface area contributed by atoms with Crippen LogP contribution in [0.4, 0.5) is 5.13 Å². The Morgan fingerprint density at radius 1 is 1.26 bits per heavy atom. The van der Waals surface area contributed by atoms with Gasteiger partial charge in [0.15, 0.2) is 5.13 Å². The molecule has 2 aromatic carbocycles. The average molecular weight is 326 g/mol. The van der Waals surface area contributed by atoms with E-state index in [0.29, 0.717) is 18.0 Å². The molecule has 0 bridgehead atoms. The quantitative estimate of drug-likeness (QED) is 0.765. The number of methoxy groups -OCH3 is 1. The largest absolute Gasteiger partial charge is 0.497 e. The van der Waals surface area contributed by atoms with Crippen LogP contribution in [0.3, 0.4) is 0 Å². The van der Waals surface area contributed by atoms with Crippen LogP contribution in [0.25, 0.3) is 10.2 Å². The highest BCUT2D eigenvalue weighted by Gasteiger charge is 2.09. The van der Waals surface area contributed by atoms with Gasteiger partial charge >= 0.3 is 0 Å². The summed E-state index contributed by atoms with van der Waals surface area (Å²) in [6.45, 7) is 2.02. The van der Waals surface area contributed by atoms with Gasteiger partial charge in [-0.15, -0.1) is 0 Å². The van der Waals surface area contributed by atoms with Gasteiger partial charge in [0.2, 0.25) is 5.91 Å². The maximum absolute atomic E-state index is 12.1. The van der Waals surface area contributed by atoms with E-state index in [2.05, 4.69) is 10.3 Å². The van der Waals surface area contributed by atoms with Gasteiger partial charge in [-0.25, -0.2) is 4.98 Å². The fraction of sp³-hybridized carbons (Fsp3) is 0.222. The molecule has 23 heavy (non-hydrogen) atoms. The molecule has 1 heterocycles. The number of benzene rings is 2. The third-order valence-electron chi connectivity index (χ3n) is 3.64. The molecular weight excluding hydrogens is 308 g/mol. The molecule has 4 nitrogen and oxygen atoms in total. The molecule has 0 saturated carbocycles. The predicted octanol–water partition coefficient (Wildman–Crippen LogP) is 4.18. The third kappa shape index (κ3) is 3.68. The summed E-state index contributed by atoms with van der Waals surface area (Å²) in [4.78, 5) is 16.6. The summed E-state index contributed by atoms with van der Waals surface area (Å²) >= 11 is 1.50. The van der Waals surface area contributed by atoms with Crippen LogP contribution in [-0.2, 0) is 11.2 Å². The molecule has 1 aromatic heterocycles. The summed E-state index contributed by atoms with van der Waals surface area (Å²) in [7, 11) is 1.64. The number of hydrogen-bond donors (Lipinski definition) is 1. The lowest BCUT2D eigenvalue weighted by Crippen LogP contribution is -2.12. The van der Waals surface area contributed by atoms with Crippen LogP contribution in [0.15, 0.2) is 42.5 Å². The standard InChI is InChI=1S/C18H18N2O2S/c1-12-5-3-8-15-17(12)20-18(23-15)19-16(21)10-9-13-6-4-7-14(11-13)22-2/h3-8,11H,9-10H2,1-2H3,(H,19,20,21). The first-order valence-corrected chi connectivity index (χ1v) is 8.26. The number of carbonyl (C=O) groups excluding carboxylic acids is 1. The summed E-state index contributed by atoms with van der Waals surface area (Å²) in [6.07, 6.45) is 1.09. The molecule has 0 spiro atoms. The van der Waals surface area contributed by atoms with Crippen molar-refractivity contribution in [1.29, 1.82) is 0 Å². The van der Waals surface area contributed by atoms with E-state index in [0.717, 1.165) is 27.1 Å². The molecule has 1 N–H and O–H groups in total. The minimum absolute atomic E-state index is 0.0236. The van der Waals surface area contributed by atoms with Gasteiger partial charge in [0.1, 0.15) is 5.75 Å². The number of aryl methyl sites for hydroxylation is 2. The fourth-order valence-electron chi connectivity index (χ4n) is 2.41. The van der Waals surface area contributed by atoms with E-state index in [1.165, 1.54) is 11.3 Å². The van der Waals surface area contributed by atoms with Crippen molar-refractivity contribution >= 4 is 32.6 Å². The van der Waals surface area contributed by atoms with Gasteiger partial charge in [-0.1, -0.05) is 35.6 Å². The summed E-state index contributed by atoms with van der Waals surface area (Å²) in [5.74, 6) is 0.786. The number of para-hydroxylation sites is 1. The van der Waals surface area contributed by atoms with E-state index in [4.69, 9.17) is 4.74 Å². The summed E-state index contributed by atoms with van der Waals surface area (Å²) in [6, 6.07) is 13.8. The second-order valence-corrected chi connectivity index (χ2v) is 6.37. The zero-order valence-corrected chi connectivity index (χ0v) is 13.9. The molecule has 0 fully saturated rings. The average Bonchev–Trinajstić information content (AvgIpc) is 2.97. The van der Waals surface area contributed by atoms with Gasteiger partial charge in [-0.3, -0.25) is 4.79 Å². The number of anilines is 1. The van der Waals surface area contributed by atoms with Crippen molar-refractivity contribution in [2.75, 3.05) is 12.4 Å². The SMILES string of the molecule is COc1cccc(CCC(=O)Nc2nc3c(C)cccc3s2)c1. The topological polar surface area (TPSA) is 51.2 Å². The third-order valence-corrected chi connectivity index (χ3v) is 4.58. The van der Waals surface area contributed by atoms with Crippen molar-refractivity contribution < 1.29 is 9.53 Å². The molecule has 5 heteroatoms. The van der Waals surface area contributed by atoms with E-state index < -0.39 is 0 Å². The van der Waals surface area contributed by atoms with E-state index in [1.54, 1.807) is 7.11 Å². The second kappa shape index (κ2) is 6.79. The summed E-state index contributed by atoms with van der Waals surface area (Å²) in [5, 5.41) is 3.55. The molecule has 0 aliphatic rings. The Morgan fingerprint density at radius 2 is 2.09 bits per heavy atom. The highest BCUT2D eigenvalue weighted by atomic mass is 32.1. The molecule has 3 rings (SSSR count). The Hall–Kier alpha value is -2.40. The van der Waals surface area contributed by atoms with Gasteiger partial charge in [0, 0.05) is 6.42 Å². The summed E-state index contributed by atoms with van der Waals surface area (Å²) in [5.41, 5.74) is 3.16. The van der Waals surface area contributed by atoms with E-state index in [9.17, 15) is 4.79 Å². The van der Waals surface area contributed by atoms with Gasteiger partial charge in [-0.05, 0) is 42.7 Å². The molecule has 0 aliphatic heterocycles. The van der Waals surface area contributed by atoms with Crippen LogP contribution in [0, 0.1) is 6.92 Å².